The van der Waals surface area contributed by atoms with Crippen LogP contribution in [0.5, 0.6) is 5.75 Å². The number of nitrogens with zero attached hydrogens (tertiary/aromatic N) is 4. The molecule has 0 aliphatic heterocycles. The number of rotatable bonds is 4. The Balaban J connectivity index is 1.89. The Kier molecular flexibility index (Phi) is 3.62. The van der Waals surface area contributed by atoms with Gasteiger partial charge in [0.1, 0.15) is 17.9 Å². The maximum absolute atomic E-state index is 12.8. The van der Waals surface area contributed by atoms with E-state index in [1.165, 1.54) is 17.8 Å². The van der Waals surface area contributed by atoms with E-state index in [-0.39, 0.29) is 0 Å². The van der Waals surface area contributed by atoms with Crippen molar-refractivity contribution in [2.75, 3.05) is 5.73 Å². The number of alkyl halides is 1. The van der Waals surface area contributed by atoms with Crippen molar-refractivity contribution in [3.8, 4) is 5.75 Å². The zero-order valence-electron chi connectivity index (χ0n) is 12.3. The number of ether oxygens (including phenoxy) is 1. The maximum Gasteiger partial charge on any atom is 0.254 e. The third-order valence-corrected chi connectivity index (χ3v) is 3.37. The maximum atomic E-state index is 12.8. The summed E-state index contributed by atoms with van der Waals surface area (Å²) in [5, 5.41) is 4.06. The van der Waals surface area contributed by atoms with Crippen molar-refractivity contribution >= 4 is 11.6 Å². The molecule has 0 bridgehead atoms. The Morgan fingerprint density at radius 2 is 2.05 bits per heavy atom. The van der Waals surface area contributed by atoms with Gasteiger partial charge in [-0.1, -0.05) is 12.1 Å². The molecule has 0 saturated heterocycles. The van der Waals surface area contributed by atoms with Crippen LogP contribution >= 0.6 is 0 Å². The van der Waals surface area contributed by atoms with Crippen LogP contribution in [0, 0.1) is 6.92 Å². The van der Waals surface area contributed by atoms with Gasteiger partial charge in [0.15, 0.2) is 0 Å². The first kappa shape index (κ1) is 14.2. The van der Waals surface area contributed by atoms with E-state index in [9.17, 15) is 4.39 Å². The van der Waals surface area contributed by atoms with Crippen LogP contribution in [0.1, 0.15) is 23.7 Å². The largest absolute Gasteiger partial charge is 0.461 e. The summed E-state index contributed by atoms with van der Waals surface area (Å²) in [6.07, 6.45) is 0.695. The highest BCUT2D eigenvalue weighted by atomic mass is 19.1. The molecule has 2 N–H and O–H groups in total. The van der Waals surface area contributed by atoms with Crippen LogP contribution in [-0.2, 0) is 6.42 Å². The fourth-order valence-electron chi connectivity index (χ4n) is 2.31. The summed E-state index contributed by atoms with van der Waals surface area (Å²) in [5.74, 6) is 1.51. The molecular formula is C15H16FN5O. The first-order chi connectivity index (χ1) is 10.5. The summed E-state index contributed by atoms with van der Waals surface area (Å²) >= 11 is 0. The van der Waals surface area contributed by atoms with E-state index in [4.69, 9.17) is 10.5 Å². The predicted octanol–water partition coefficient (Wildman–Crippen LogP) is 2.30. The first-order valence-electron chi connectivity index (χ1n) is 6.89. The number of fused-ring (bicyclic) bond motifs is 1. The van der Waals surface area contributed by atoms with Gasteiger partial charge < -0.3 is 10.5 Å². The lowest BCUT2D eigenvalue weighted by atomic mass is 10.0. The van der Waals surface area contributed by atoms with Gasteiger partial charge in [-0.05, 0) is 24.6 Å². The van der Waals surface area contributed by atoms with Crippen LogP contribution in [0.2, 0.25) is 0 Å². The standard InChI is InChI=1S/C15H16FN5O/c1-9-13(14(17)21-15(20-9)18-8-19-21)7-11-3-5-12(6-4-11)22-10(2)16/h3-6,8,10H,7,17H2,1-2H3. The van der Waals surface area contributed by atoms with Crippen LogP contribution in [0.25, 0.3) is 5.78 Å². The lowest BCUT2D eigenvalue weighted by Gasteiger charge is -2.11. The summed E-state index contributed by atoms with van der Waals surface area (Å²) in [7, 11) is 0. The van der Waals surface area contributed by atoms with Crippen molar-refractivity contribution in [2.24, 2.45) is 0 Å². The highest BCUT2D eigenvalue weighted by Gasteiger charge is 2.12. The molecule has 7 heteroatoms. The number of halogens is 1. The van der Waals surface area contributed by atoms with E-state index in [1.54, 1.807) is 12.1 Å². The molecule has 1 unspecified atom stereocenters. The van der Waals surface area contributed by atoms with Gasteiger partial charge in [-0.3, -0.25) is 0 Å². The van der Waals surface area contributed by atoms with E-state index in [1.807, 2.05) is 19.1 Å². The second kappa shape index (κ2) is 5.59. The molecule has 0 spiro atoms. The van der Waals surface area contributed by atoms with Crippen molar-refractivity contribution in [3.05, 3.63) is 47.4 Å². The van der Waals surface area contributed by atoms with E-state index in [2.05, 4.69) is 15.1 Å². The molecule has 2 heterocycles. The molecule has 0 amide bonds. The number of aryl methyl sites for hydroxylation is 1. The molecule has 2 aromatic heterocycles. The topological polar surface area (TPSA) is 78.3 Å². The smallest absolute Gasteiger partial charge is 0.254 e. The second-order valence-corrected chi connectivity index (χ2v) is 5.01. The van der Waals surface area contributed by atoms with Gasteiger partial charge >= 0.3 is 0 Å². The Morgan fingerprint density at radius 3 is 2.73 bits per heavy atom. The third kappa shape index (κ3) is 2.69. The molecule has 1 atom stereocenters. The Bertz CT molecular complexity index is 798. The molecule has 1 aromatic carbocycles. The lowest BCUT2D eigenvalue weighted by Crippen LogP contribution is -2.09. The second-order valence-electron chi connectivity index (χ2n) is 5.01. The van der Waals surface area contributed by atoms with Crippen molar-refractivity contribution in [1.29, 1.82) is 0 Å². The quantitative estimate of drug-likeness (QED) is 0.800. The molecule has 6 nitrogen and oxygen atoms in total. The number of aromatic nitrogens is 4. The molecule has 0 radical (unpaired) electrons. The first-order valence-corrected chi connectivity index (χ1v) is 6.89. The van der Waals surface area contributed by atoms with Gasteiger partial charge in [0.2, 0.25) is 6.36 Å². The Hall–Kier alpha value is -2.70. The average Bonchev–Trinajstić information content (AvgIpc) is 2.93. The zero-order valence-corrected chi connectivity index (χ0v) is 12.3. The summed E-state index contributed by atoms with van der Waals surface area (Å²) in [6.45, 7) is 3.24. The molecule has 0 saturated carbocycles. The summed E-state index contributed by atoms with van der Waals surface area (Å²) in [6, 6.07) is 7.22. The van der Waals surface area contributed by atoms with E-state index in [0.29, 0.717) is 23.8 Å². The van der Waals surface area contributed by atoms with E-state index in [0.717, 1.165) is 16.8 Å². The van der Waals surface area contributed by atoms with Crippen LogP contribution < -0.4 is 10.5 Å². The van der Waals surface area contributed by atoms with Crippen molar-refractivity contribution in [3.63, 3.8) is 0 Å². The van der Waals surface area contributed by atoms with Crippen LogP contribution in [-0.4, -0.2) is 25.9 Å². The minimum atomic E-state index is -1.33. The number of hydrogen-bond donors (Lipinski definition) is 1. The van der Waals surface area contributed by atoms with Crippen LogP contribution in [0.15, 0.2) is 30.6 Å². The monoisotopic (exact) mass is 301 g/mol. The van der Waals surface area contributed by atoms with Gasteiger partial charge in [-0.15, -0.1) is 0 Å². The molecule has 0 aliphatic carbocycles. The predicted molar refractivity (Wildman–Crippen MR) is 80.4 cm³/mol. The van der Waals surface area contributed by atoms with Gasteiger partial charge in [-0.2, -0.15) is 14.6 Å². The third-order valence-electron chi connectivity index (χ3n) is 3.37. The molecule has 0 fully saturated rings. The SMILES string of the molecule is Cc1nc2ncnn2c(N)c1Cc1ccc(OC(C)F)cc1. The van der Waals surface area contributed by atoms with E-state index < -0.39 is 6.36 Å². The molecule has 3 rings (SSSR count). The normalized spacial score (nSPS) is 12.5. The fraction of sp³-hybridized carbons (Fsp3) is 0.267. The van der Waals surface area contributed by atoms with Crippen LogP contribution in [0.4, 0.5) is 10.2 Å². The van der Waals surface area contributed by atoms with Crippen LogP contribution in [0.3, 0.4) is 0 Å². The number of anilines is 1. The Morgan fingerprint density at radius 1 is 1.32 bits per heavy atom. The highest BCUT2D eigenvalue weighted by molar-refractivity contribution is 5.51. The highest BCUT2D eigenvalue weighted by Crippen LogP contribution is 2.21. The van der Waals surface area contributed by atoms with Crippen molar-refractivity contribution in [2.45, 2.75) is 26.6 Å². The van der Waals surface area contributed by atoms with Gasteiger partial charge in [0.05, 0.1) is 0 Å². The minimum absolute atomic E-state index is 0.486. The van der Waals surface area contributed by atoms with Gasteiger partial charge in [0.25, 0.3) is 5.78 Å². The van der Waals surface area contributed by atoms with Crippen molar-refractivity contribution < 1.29 is 9.13 Å². The molecule has 22 heavy (non-hydrogen) atoms. The van der Waals surface area contributed by atoms with Gasteiger partial charge in [0, 0.05) is 24.6 Å². The molecule has 0 aliphatic rings. The van der Waals surface area contributed by atoms with E-state index >= 15 is 0 Å². The summed E-state index contributed by atoms with van der Waals surface area (Å²) in [4.78, 5) is 8.42. The molecule has 114 valence electrons. The average molecular weight is 301 g/mol. The number of hydrogen-bond acceptors (Lipinski definition) is 5. The minimum Gasteiger partial charge on any atom is -0.461 e. The fourth-order valence-corrected chi connectivity index (χ4v) is 2.31. The molecular weight excluding hydrogens is 285 g/mol. The molecule has 3 aromatic rings. The van der Waals surface area contributed by atoms with Crippen molar-refractivity contribution in [1.82, 2.24) is 19.6 Å². The number of benzene rings is 1. The lowest BCUT2D eigenvalue weighted by molar-refractivity contribution is 0.0860. The number of nitrogen functional groups attached to an aromatic ring is 1. The summed E-state index contributed by atoms with van der Waals surface area (Å²) < 4.78 is 19.3. The Labute approximate surface area is 126 Å². The summed E-state index contributed by atoms with van der Waals surface area (Å²) in [5.41, 5.74) is 8.89. The number of nitrogens with two attached hydrogens (primary N) is 1. The zero-order chi connectivity index (χ0) is 15.7. The van der Waals surface area contributed by atoms with Gasteiger partial charge in [-0.25, -0.2) is 9.37 Å².